The molecule has 0 aliphatic carbocycles. The molecular weight excluding hydrogens is 466 g/mol. The zero-order valence-electron chi connectivity index (χ0n) is 18.6. The number of halogens is 1. The number of anilines is 1. The van der Waals surface area contributed by atoms with E-state index in [0.717, 1.165) is 5.56 Å². The first kappa shape index (κ1) is 25.0. The maximum Gasteiger partial charge on any atom is 0.243 e. The van der Waals surface area contributed by atoms with Gasteiger partial charge in [-0.05, 0) is 68.7 Å². The van der Waals surface area contributed by atoms with Gasteiger partial charge in [0.05, 0.1) is 18.0 Å². The summed E-state index contributed by atoms with van der Waals surface area (Å²) >= 11 is 6.06. The minimum atomic E-state index is -3.64. The van der Waals surface area contributed by atoms with Gasteiger partial charge >= 0.3 is 0 Å². The average Bonchev–Trinajstić information content (AvgIpc) is 2.81. The van der Waals surface area contributed by atoms with Crippen LogP contribution in [0.15, 0.2) is 47.4 Å². The van der Waals surface area contributed by atoms with E-state index in [2.05, 4.69) is 10.6 Å². The molecule has 1 heterocycles. The lowest BCUT2D eigenvalue weighted by atomic mass is 9.97. The van der Waals surface area contributed by atoms with Crippen molar-refractivity contribution >= 4 is 39.1 Å². The lowest BCUT2D eigenvalue weighted by Crippen LogP contribution is -2.44. The van der Waals surface area contributed by atoms with Gasteiger partial charge in [-0.1, -0.05) is 17.7 Å². The first-order valence-electron chi connectivity index (χ1n) is 10.8. The van der Waals surface area contributed by atoms with Crippen LogP contribution in [0.25, 0.3) is 0 Å². The Morgan fingerprint density at radius 1 is 1.12 bits per heavy atom. The predicted octanol–water partition coefficient (Wildman–Crippen LogP) is 3.20. The fraction of sp³-hybridized carbons (Fsp3) is 0.391. The largest absolute Gasteiger partial charge is 0.494 e. The van der Waals surface area contributed by atoms with Crippen molar-refractivity contribution in [2.24, 2.45) is 5.92 Å². The van der Waals surface area contributed by atoms with Gasteiger partial charge in [0.2, 0.25) is 21.8 Å². The Balaban J connectivity index is 1.49. The van der Waals surface area contributed by atoms with Crippen molar-refractivity contribution in [3.05, 3.63) is 53.1 Å². The maximum atomic E-state index is 12.9. The molecule has 0 unspecified atom stereocenters. The molecule has 0 saturated carbocycles. The van der Waals surface area contributed by atoms with Crippen molar-refractivity contribution in [1.29, 1.82) is 0 Å². The summed E-state index contributed by atoms with van der Waals surface area (Å²) in [5.41, 5.74) is 1.34. The molecule has 1 aliphatic heterocycles. The average molecular weight is 494 g/mol. The van der Waals surface area contributed by atoms with Gasteiger partial charge in [0.25, 0.3) is 0 Å². The summed E-state index contributed by atoms with van der Waals surface area (Å²) < 4.78 is 32.5. The minimum Gasteiger partial charge on any atom is -0.494 e. The molecular formula is C23H28ClN3O5S. The lowest BCUT2D eigenvalue weighted by Gasteiger charge is -2.30. The molecule has 0 spiro atoms. The van der Waals surface area contributed by atoms with Crippen molar-refractivity contribution in [3.8, 4) is 5.75 Å². The summed E-state index contributed by atoms with van der Waals surface area (Å²) in [5, 5.41) is 5.92. The van der Waals surface area contributed by atoms with Crippen LogP contribution in [0.4, 0.5) is 5.69 Å². The fourth-order valence-electron chi connectivity index (χ4n) is 3.63. The summed E-state index contributed by atoms with van der Waals surface area (Å²) in [5.74, 6) is -0.353. The van der Waals surface area contributed by atoms with Crippen LogP contribution in [0.5, 0.6) is 5.75 Å². The quantitative estimate of drug-likeness (QED) is 0.587. The number of amides is 2. The molecule has 3 rings (SSSR count). The van der Waals surface area contributed by atoms with Crippen LogP contribution in [0.1, 0.15) is 25.3 Å². The standard InChI is InChI=1S/C23H28ClN3O5S/c1-3-32-18-7-9-19(10-8-18)33(30,31)27-13-11-17(12-14-27)23(29)25-15-22(28)26-21-6-4-5-20(24)16(21)2/h4-10,17H,3,11-15H2,1-2H3,(H,25,29)(H,26,28). The molecule has 2 N–H and O–H groups in total. The van der Waals surface area contributed by atoms with Gasteiger partial charge in [0.1, 0.15) is 5.75 Å². The SMILES string of the molecule is CCOc1ccc(S(=O)(=O)N2CCC(C(=O)NCC(=O)Nc3cccc(Cl)c3C)CC2)cc1. The molecule has 33 heavy (non-hydrogen) atoms. The molecule has 0 aromatic heterocycles. The van der Waals surface area contributed by atoms with E-state index in [0.29, 0.717) is 35.9 Å². The number of piperidine rings is 1. The normalized spacial score (nSPS) is 15.1. The third kappa shape index (κ3) is 6.25. The van der Waals surface area contributed by atoms with E-state index in [-0.39, 0.29) is 42.3 Å². The number of nitrogens with zero attached hydrogens (tertiary/aromatic N) is 1. The third-order valence-electron chi connectivity index (χ3n) is 5.56. The second-order valence-corrected chi connectivity index (χ2v) is 10.1. The van der Waals surface area contributed by atoms with E-state index < -0.39 is 10.0 Å². The monoisotopic (exact) mass is 493 g/mol. The first-order chi connectivity index (χ1) is 15.7. The van der Waals surface area contributed by atoms with Crippen LogP contribution in [-0.2, 0) is 19.6 Å². The Labute approximate surface area is 199 Å². The smallest absolute Gasteiger partial charge is 0.243 e. The Morgan fingerprint density at radius 3 is 2.42 bits per heavy atom. The van der Waals surface area contributed by atoms with Gasteiger partial charge in [-0.2, -0.15) is 4.31 Å². The highest BCUT2D eigenvalue weighted by atomic mass is 35.5. The van der Waals surface area contributed by atoms with Crippen LogP contribution >= 0.6 is 11.6 Å². The molecule has 1 fully saturated rings. The minimum absolute atomic E-state index is 0.171. The van der Waals surface area contributed by atoms with Gasteiger partial charge in [0.15, 0.2) is 0 Å². The number of hydrogen-bond donors (Lipinski definition) is 2. The van der Waals surface area contributed by atoms with Crippen molar-refractivity contribution < 1.29 is 22.7 Å². The highest BCUT2D eigenvalue weighted by Crippen LogP contribution is 2.26. The molecule has 1 saturated heterocycles. The molecule has 2 aromatic rings. The van der Waals surface area contributed by atoms with Crippen LogP contribution in [0.3, 0.4) is 0 Å². The van der Waals surface area contributed by atoms with E-state index in [1.165, 1.54) is 16.4 Å². The summed E-state index contributed by atoms with van der Waals surface area (Å²) in [7, 11) is -3.64. The van der Waals surface area contributed by atoms with E-state index in [9.17, 15) is 18.0 Å². The van der Waals surface area contributed by atoms with Crippen LogP contribution in [0, 0.1) is 12.8 Å². The highest BCUT2D eigenvalue weighted by Gasteiger charge is 2.32. The lowest BCUT2D eigenvalue weighted by molar-refractivity contribution is -0.128. The number of hydrogen-bond acceptors (Lipinski definition) is 5. The number of carbonyl (C=O) groups excluding carboxylic acids is 2. The summed E-state index contributed by atoms with van der Waals surface area (Å²) in [4.78, 5) is 24.9. The Kier molecular flexibility index (Phi) is 8.34. The predicted molar refractivity (Wildman–Crippen MR) is 127 cm³/mol. The van der Waals surface area contributed by atoms with E-state index in [1.807, 2.05) is 6.92 Å². The van der Waals surface area contributed by atoms with Gasteiger partial charge in [-0.15, -0.1) is 0 Å². The van der Waals surface area contributed by atoms with Crippen molar-refractivity contribution in [2.75, 3.05) is 31.6 Å². The number of carbonyl (C=O) groups is 2. The molecule has 2 amide bonds. The van der Waals surface area contributed by atoms with Crippen LogP contribution in [-0.4, -0.2) is 50.8 Å². The number of ether oxygens (including phenoxy) is 1. The molecule has 2 aromatic carbocycles. The third-order valence-corrected chi connectivity index (χ3v) is 7.88. The molecule has 8 nitrogen and oxygen atoms in total. The molecule has 0 radical (unpaired) electrons. The van der Waals surface area contributed by atoms with Crippen molar-refractivity contribution in [2.45, 2.75) is 31.6 Å². The highest BCUT2D eigenvalue weighted by molar-refractivity contribution is 7.89. The summed E-state index contributed by atoms with van der Waals surface area (Å²) in [6.07, 6.45) is 0.772. The van der Waals surface area contributed by atoms with Gasteiger partial charge in [0, 0.05) is 29.7 Å². The van der Waals surface area contributed by atoms with Gasteiger partial charge in [-0.3, -0.25) is 9.59 Å². The zero-order valence-corrected chi connectivity index (χ0v) is 20.2. The zero-order chi connectivity index (χ0) is 24.0. The molecule has 178 valence electrons. The van der Waals surface area contributed by atoms with E-state index in [1.54, 1.807) is 37.3 Å². The molecule has 0 atom stereocenters. The fourth-order valence-corrected chi connectivity index (χ4v) is 5.28. The summed E-state index contributed by atoms with van der Waals surface area (Å²) in [6, 6.07) is 11.5. The van der Waals surface area contributed by atoms with Gasteiger partial charge in [-0.25, -0.2) is 8.42 Å². The number of nitrogens with one attached hydrogen (secondary N) is 2. The maximum absolute atomic E-state index is 12.9. The second kappa shape index (κ2) is 11.0. The second-order valence-electron chi connectivity index (χ2n) is 7.76. The number of rotatable bonds is 8. The van der Waals surface area contributed by atoms with Crippen molar-refractivity contribution in [1.82, 2.24) is 9.62 Å². The first-order valence-corrected chi connectivity index (χ1v) is 12.6. The van der Waals surface area contributed by atoms with Crippen LogP contribution < -0.4 is 15.4 Å². The topological polar surface area (TPSA) is 105 Å². The Bertz CT molecular complexity index is 1100. The molecule has 10 heteroatoms. The van der Waals surface area contributed by atoms with E-state index in [4.69, 9.17) is 16.3 Å². The molecule has 1 aliphatic rings. The number of sulfonamides is 1. The summed E-state index contributed by atoms with van der Waals surface area (Å²) in [6.45, 7) is 4.46. The Morgan fingerprint density at radius 2 is 1.79 bits per heavy atom. The van der Waals surface area contributed by atoms with E-state index >= 15 is 0 Å². The Hall–Kier alpha value is -2.62. The molecule has 0 bridgehead atoms. The number of benzene rings is 2. The van der Waals surface area contributed by atoms with Crippen molar-refractivity contribution in [3.63, 3.8) is 0 Å². The van der Waals surface area contributed by atoms with Gasteiger partial charge < -0.3 is 15.4 Å². The van der Waals surface area contributed by atoms with Crippen LogP contribution in [0.2, 0.25) is 5.02 Å².